The number of rotatable bonds is 3. The molecule has 1 aromatic rings. The van der Waals surface area contributed by atoms with Gasteiger partial charge in [-0.15, -0.1) is 0 Å². The second-order valence-electron chi connectivity index (χ2n) is 4.08. The molecule has 0 saturated heterocycles. The highest BCUT2D eigenvalue weighted by Gasteiger charge is 2.32. The standard InChI is InChI=1S/C13H18F2O/c1-6-13(14,15)11-7-8(2)12(16-5)10(4)9(11)3/h7H,6H2,1-5H3. The van der Waals surface area contributed by atoms with Gasteiger partial charge in [-0.1, -0.05) is 6.92 Å². The van der Waals surface area contributed by atoms with Crippen molar-refractivity contribution in [2.45, 2.75) is 40.0 Å². The second-order valence-corrected chi connectivity index (χ2v) is 4.08. The summed E-state index contributed by atoms with van der Waals surface area (Å²) in [7, 11) is 1.56. The van der Waals surface area contributed by atoms with E-state index < -0.39 is 5.92 Å². The van der Waals surface area contributed by atoms with Gasteiger partial charge < -0.3 is 4.74 Å². The van der Waals surface area contributed by atoms with Gasteiger partial charge in [-0.05, 0) is 43.5 Å². The molecule has 0 aliphatic rings. The predicted octanol–water partition coefficient (Wildman–Crippen LogP) is 4.12. The quantitative estimate of drug-likeness (QED) is 0.756. The number of benzene rings is 1. The van der Waals surface area contributed by atoms with Crippen LogP contribution in [-0.4, -0.2) is 7.11 Å². The number of hydrogen-bond acceptors (Lipinski definition) is 1. The Bertz CT molecular complexity index is 397. The average molecular weight is 228 g/mol. The summed E-state index contributed by atoms with van der Waals surface area (Å²) < 4.78 is 32.6. The Morgan fingerprint density at radius 1 is 1.19 bits per heavy atom. The molecule has 1 rings (SSSR count). The molecule has 0 atom stereocenters. The summed E-state index contributed by atoms with van der Waals surface area (Å²) in [6.45, 7) is 6.82. The molecule has 0 saturated carbocycles. The van der Waals surface area contributed by atoms with E-state index in [1.807, 2.05) is 6.92 Å². The van der Waals surface area contributed by atoms with Crippen LogP contribution in [0, 0.1) is 20.8 Å². The van der Waals surface area contributed by atoms with Gasteiger partial charge in [0.15, 0.2) is 0 Å². The molecule has 0 spiro atoms. The Kier molecular flexibility index (Phi) is 3.56. The Hall–Kier alpha value is -1.12. The fourth-order valence-corrected chi connectivity index (χ4v) is 1.94. The van der Waals surface area contributed by atoms with Crippen molar-refractivity contribution < 1.29 is 13.5 Å². The maximum Gasteiger partial charge on any atom is 0.273 e. The highest BCUT2D eigenvalue weighted by Crippen LogP contribution is 2.38. The third-order valence-corrected chi connectivity index (χ3v) is 3.07. The Morgan fingerprint density at radius 2 is 1.75 bits per heavy atom. The maximum atomic E-state index is 13.7. The van der Waals surface area contributed by atoms with E-state index in [2.05, 4.69) is 0 Å². The third kappa shape index (κ3) is 2.04. The molecule has 0 amide bonds. The van der Waals surface area contributed by atoms with Gasteiger partial charge in [0.25, 0.3) is 5.92 Å². The summed E-state index contributed by atoms with van der Waals surface area (Å²) in [4.78, 5) is 0. The monoisotopic (exact) mass is 228 g/mol. The van der Waals surface area contributed by atoms with Crippen molar-refractivity contribution >= 4 is 0 Å². The van der Waals surface area contributed by atoms with Gasteiger partial charge in [-0.2, -0.15) is 0 Å². The highest BCUT2D eigenvalue weighted by atomic mass is 19.3. The lowest BCUT2D eigenvalue weighted by Crippen LogP contribution is -2.15. The zero-order valence-corrected chi connectivity index (χ0v) is 10.4. The summed E-state index contributed by atoms with van der Waals surface area (Å²) in [5.74, 6) is -2.06. The van der Waals surface area contributed by atoms with Crippen LogP contribution >= 0.6 is 0 Å². The first kappa shape index (κ1) is 12.9. The lowest BCUT2D eigenvalue weighted by molar-refractivity contribution is -0.00905. The molecule has 90 valence electrons. The first-order valence-corrected chi connectivity index (χ1v) is 5.38. The molecular formula is C13H18F2O. The number of ether oxygens (including phenoxy) is 1. The topological polar surface area (TPSA) is 9.23 Å². The van der Waals surface area contributed by atoms with Crippen LogP contribution in [0.15, 0.2) is 6.07 Å². The van der Waals surface area contributed by atoms with Gasteiger partial charge >= 0.3 is 0 Å². The SMILES string of the molecule is CCC(F)(F)c1cc(C)c(OC)c(C)c1C. The van der Waals surface area contributed by atoms with Crippen LogP contribution in [0.3, 0.4) is 0 Å². The zero-order chi connectivity index (χ0) is 12.5. The molecule has 0 N–H and O–H groups in total. The van der Waals surface area contributed by atoms with Gasteiger partial charge in [0, 0.05) is 12.0 Å². The average Bonchev–Trinajstić information content (AvgIpc) is 2.24. The molecule has 0 unspecified atom stereocenters. The molecule has 1 nitrogen and oxygen atoms in total. The minimum atomic E-state index is -2.76. The minimum absolute atomic E-state index is 0.116. The molecule has 0 aliphatic carbocycles. The largest absolute Gasteiger partial charge is 0.496 e. The van der Waals surface area contributed by atoms with Gasteiger partial charge in [0.2, 0.25) is 0 Å². The van der Waals surface area contributed by atoms with Crippen molar-refractivity contribution in [2.24, 2.45) is 0 Å². The van der Waals surface area contributed by atoms with E-state index in [0.29, 0.717) is 11.3 Å². The van der Waals surface area contributed by atoms with Crippen LogP contribution in [0.25, 0.3) is 0 Å². The van der Waals surface area contributed by atoms with Crippen molar-refractivity contribution in [2.75, 3.05) is 7.11 Å². The molecule has 0 aromatic heterocycles. The van der Waals surface area contributed by atoms with Crippen molar-refractivity contribution in [1.82, 2.24) is 0 Å². The first-order valence-electron chi connectivity index (χ1n) is 5.38. The van der Waals surface area contributed by atoms with E-state index >= 15 is 0 Å². The molecule has 0 heterocycles. The number of methoxy groups -OCH3 is 1. The van der Waals surface area contributed by atoms with Gasteiger partial charge in [0.05, 0.1) is 7.11 Å². The minimum Gasteiger partial charge on any atom is -0.496 e. The lowest BCUT2D eigenvalue weighted by atomic mass is 9.93. The molecule has 0 radical (unpaired) electrons. The Morgan fingerprint density at radius 3 is 2.19 bits per heavy atom. The Labute approximate surface area is 95.4 Å². The van der Waals surface area contributed by atoms with E-state index in [-0.39, 0.29) is 12.0 Å². The number of alkyl halides is 2. The summed E-state index contributed by atoms with van der Waals surface area (Å²) >= 11 is 0. The van der Waals surface area contributed by atoms with E-state index in [1.54, 1.807) is 21.0 Å². The smallest absolute Gasteiger partial charge is 0.273 e. The molecule has 0 fully saturated rings. The van der Waals surface area contributed by atoms with Crippen molar-refractivity contribution in [1.29, 1.82) is 0 Å². The molecule has 0 bridgehead atoms. The molecule has 3 heteroatoms. The maximum absolute atomic E-state index is 13.7. The lowest BCUT2D eigenvalue weighted by Gasteiger charge is -2.21. The van der Waals surface area contributed by atoms with E-state index in [9.17, 15) is 8.78 Å². The van der Waals surface area contributed by atoms with Gasteiger partial charge in [-0.3, -0.25) is 0 Å². The van der Waals surface area contributed by atoms with Crippen LogP contribution < -0.4 is 4.74 Å². The van der Waals surface area contributed by atoms with Crippen molar-refractivity contribution in [3.05, 3.63) is 28.3 Å². The van der Waals surface area contributed by atoms with E-state index in [0.717, 1.165) is 11.1 Å². The number of halogens is 2. The van der Waals surface area contributed by atoms with Crippen LogP contribution in [0.4, 0.5) is 8.78 Å². The molecular weight excluding hydrogens is 210 g/mol. The summed E-state index contributed by atoms with van der Waals surface area (Å²) in [5, 5.41) is 0. The van der Waals surface area contributed by atoms with Gasteiger partial charge in [-0.25, -0.2) is 8.78 Å². The van der Waals surface area contributed by atoms with Crippen LogP contribution in [0.2, 0.25) is 0 Å². The third-order valence-electron chi connectivity index (χ3n) is 3.07. The summed E-state index contributed by atoms with van der Waals surface area (Å²) in [6, 6.07) is 1.53. The second kappa shape index (κ2) is 4.40. The summed E-state index contributed by atoms with van der Waals surface area (Å²) in [6.07, 6.45) is -0.181. The molecule has 0 aliphatic heterocycles. The van der Waals surface area contributed by atoms with E-state index in [1.165, 1.54) is 13.0 Å². The summed E-state index contributed by atoms with van der Waals surface area (Å²) in [5.41, 5.74) is 2.29. The Balaban J connectivity index is 3.45. The van der Waals surface area contributed by atoms with Crippen LogP contribution in [-0.2, 0) is 5.92 Å². The van der Waals surface area contributed by atoms with Crippen LogP contribution in [0.5, 0.6) is 5.75 Å². The van der Waals surface area contributed by atoms with Crippen molar-refractivity contribution in [3.63, 3.8) is 0 Å². The van der Waals surface area contributed by atoms with Crippen LogP contribution in [0.1, 0.15) is 35.6 Å². The van der Waals surface area contributed by atoms with Gasteiger partial charge in [0.1, 0.15) is 5.75 Å². The van der Waals surface area contributed by atoms with E-state index in [4.69, 9.17) is 4.74 Å². The zero-order valence-electron chi connectivity index (χ0n) is 10.4. The molecule has 16 heavy (non-hydrogen) atoms. The first-order chi connectivity index (χ1) is 7.35. The number of aryl methyl sites for hydroxylation is 1. The highest BCUT2D eigenvalue weighted by molar-refractivity contribution is 5.50. The number of hydrogen-bond donors (Lipinski definition) is 0. The normalized spacial score (nSPS) is 11.7. The van der Waals surface area contributed by atoms with Crippen molar-refractivity contribution in [3.8, 4) is 5.75 Å². The fourth-order valence-electron chi connectivity index (χ4n) is 1.94. The predicted molar refractivity (Wildman–Crippen MR) is 61.4 cm³/mol. The molecule has 1 aromatic carbocycles. The fraction of sp³-hybridized carbons (Fsp3) is 0.538.